The summed E-state index contributed by atoms with van der Waals surface area (Å²) < 4.78 is 0. The number of nitrogens with one attached hydrogen (secondary N) is 1. The molecule has 0 aliphatic heterocycles. The molecule has 2 aromatic rings. The quantitative estimate of drug-likeness (QED) is 0.697. The van der Waals surface area contributed by atoms with E-state index in [1.165, 1.54) is 18.2 Å². The molecule has 0 heterocycles. The SMILES string of the molecule is C/C(=N/Nc1cc(C(=O)[O-])ccc1Cl)c1ccccc1C. The van der Waals surface area contributed by atoms with Gasteiger partial charge in [0.1, 0.15) is 0 Å². The Balaban J connectivity index is 2.26. The number of anilines is 1. The van der Waals surface area contributed by atoms with Crippen molar-refractivity contribution in [1.29, 1.82) is 0 Å². The maximum atomic E-state index is 10.9. The minimum absolute atomic E-state index is 0.0469. The van der Waals surface area contributed by atoms with E-state index >= 15 is 0 Å². The molecule has 0 radical (unpaired) electrons. The van der Waals surface area contributed by atoms with Crippen LogP contribution in [0.4, 0.5) is 5.69 Å². The van der Waals surface area contributed by atoms with E-state index in [9.17, 15) is 9.90 Å². The van der Waals surface area contributed by atoms with Crippen LogP contribution in [0, 0.1) is 6.92 Å². The fraction of sp³-hybridized carbons (Fsp3) is 0.125. The molecule has 5 heteroatoms. The smallest absolute Gasteiger partial charge is 0.0754 e. The monoisotopic (exact) mass is 301 g/mol. The zero-order chi connectivity index (χ0) is 15.4. The molecular formula is C16H14ClN2O2-. The summed E-state index contributed by atoms with van der Waals surface area (Å²) in [5.74, 6) is -1.26. The molecule has 2 aromatic carbocycles. The highest BCUT2D eigenvalue weighted by molar-refractivity contribution is 6.33. The third-order valence-electron chi connectivity index (χ3n) is 3.08. The van der Waals surface area contributed by atoms with Gasteiger partial charge in [0.15, 0.2) is 0 Å². The van der Waals surface area contributed by atoms with Crippen LogP contribution in [-0.4, -0.2) is 11.7 Å². The Bertz CT molecular complexity index is 711. The number of aromatic carboxylic acids is 1. The average Bonchev–Trinajstić information content (AvgIpc) is 2.46. The first-order valence-electron chi connectivity index (χ1n) is 6.36. The van der Waals surface area contributed by atoms with Crippen molar-refractivity contribution in [2.24, 2.45) is 5.10 Å². The van der Waals surface area contributed by atoms with E-state index in [1.54, 1.807) is 0 Å². The largest absolute Gasteiger partial charge is 0.545 e. The molecule has 0 aliphatic carbocycles. The molecule has 0 saturated heterocycles. The van der Waals surface area contributed by atoms with Crippen molar-refractivity contribution in [3.8, 4) is 0 Å². The first-order valence-corrected chi connectivity index (χ1v) is 6.74. The Morgan fingerprint density at radius 1 is 1.24 bits per heavy atom. The Hall–Kier alpha value is -2.33. The second kappa shape index (κ2) is 6.41. The molecule has 4 nitrogen and oxygen atoms in total. The average molecular weight is 302 g/mol. The lowest BCUT2D eigenvalue weighted by Crippen LogP contribution is -2.22. The molecule has 0 bridgehead atoms. The van der Waals surface area contributed by atoms with E-state index in [4.69, 9.17) is 11.6 Å². The molecule has 0 aliphatic rings. The fourth-order valence-electron chi connectivity index (χ4n) is 1.92. The van der Waals surface area contributed by atoms with Crippen LogP contribution < -0.4 is 10.5 Å². The first-order chi connectivity index (χ1) is 9.99. The van der Waals surface area contributed by atoms with Crippen molar-refractivity contribution in [1.82, 2.24) is 0 Å². The van der Waals surface area contributed by atoms with Gasteiger partial charge in [-0.1, -0.05) is 41.9 Å². The van der Waals surface area contributed by atoms with Crippen LogP contribution in [0.2, 0.25) is 5.02 Å². The number of carboxylic acids is 1. The zero-order valence-corrected chi connectivity index (χ0v) is 12.4. The van der Waals surface area contributed by atoms with Gasteiger partial charge in [-0.25, -0.2) is 0 Å². The van der Waals surface area contributed by atoms with Gasteiger partial charge in [-0.3, -0.25) is 5.43 Å². The Labute approximate surface area is 128 Å². The van der Waals surface area contributed by atoms with Crippen LogP contribution in [-0.2, 0) is 0 Å². The highest BCUT2D eigenvalue weighted by Crippen LogP contribution is 2.23. The number of hydrazone groups is 1. The lowest BCUT2D eigenvalue weighted by atomic mass is 10.1. The van der Waals surface area contributed by atoms with E-state index in [-0.39, 0.29) is 5.56 Å². The van der Waals surface area contributed by atoms with Crippen molar-refractivity contribution < 1.29 is 9.90 Å². The van der Waals surface area contributed by atoms with Crippen LogP contribution in [0.3, 0.4) is 0 Å². The summed E-state index contributed by atoms with van der Waals surface area (Å²) in [6, 6.07) is 12.1. The van der Waals surface area contributed by atoms with Gasteiger partial charge in [0.25, 0.3) is 0 Å². The molecule has 0 aromatic heterocycles. The number of nitrogens with zero attached hydrogens (tertiary/aromatic N) is 1. The number of carbonyl (C=O) groups is 1. The van der Waals surface area contributed by atoms with Crippen molar-refractivity contribution in [3.05, 3.63) is 64.2 Å². The summed E-state index contributed by atoms with van der Waals surface area (Å²) in [5.41, 5.74) is 6.17. The normalized spacial score (nSPS) is 11.3. The van der Waals surface area contributed by atoms with Gasteiger partial charge in [0, 0.05) is 5.56 Å². The molecule has 2 rings (SSSR count). The predicted molar refractivity (Wildman–Crippen MR) is 82.8 cm³/mol. The van der Waals surface area contributed by atoms with E-state index in [0.717, 1.165) is 16.8 Å². The van der Waals surface area contributed by atoms with Crippen molar-refractivity contribution in [2.45, 2.75) is 13.8 Å². The highest BCUT2D eigenvalue weighted by Gasteiger charge is 2.04. The number of carboxylic acid groups (broad SMARTS) is 1. The van der Waals surface area contributed by atoms with E-state index in [1.807, 2.05) is 38.1 Å². The maximum Gasteiger partial charge on any atom is 0.0754 e. The van der Waals surface area contributed by atoms with Gasteiger partial charge in [-0.2, -0.15) is 5.10 Å². The first kappa shape index (κ1) is 15.1. The minimum Gasteiger partial charge on any atom is -0.545 e. The summed E-state index contributed by atoms with van der Waals surface area (Å²) >= 11 is 6.02. The Morgan fingerprint density at radius 2 is 1.95 bits per heavy atom. The molecule has 0 unspecified atom stereocenters. The summed E-state index contributed by atoms with van der Waals surface area (Å²) in [6.07, 6.45) is 0. The molecule has 108 valence electrons. The molecule has 1 N–H and O–H groups in total. The van der Waals surface area contributed by atoms with E-state index in [2.05, 4.69) is 10.5 Å². The molecule has 0 amide bonds. The molecule has 0 spiro atoms. The van der Waals surface area contributed by atoms with Gasteiger partial charge >= 0.3 is 0 Å². The predicted octanol–water partition coefficient (Wildman–Crippen LogP) is 2.85. The summed E-state index contributed by atoms with van der Waals surface area (Å²) in [4.78, 5) is 10.9. The number of rotatable bonds is 4. The number of carbonyl (C=O) groups excluding carboxylic acids is 1. The molecule has 0 saturated carbocycles. The topological polar surface area (TPSA) is 64.5 Å². The third kappa shape index (κ3) is 3.61. The summed E-state index contributed by atoms with van der Waals surface area (Å²) in [6.45, 7) is 3.86. The highest BCUT2D eigenvalue weighted by atomic mass is 35.5. The summed E-state index contributed by atoms with van der Waals surface area (Å²) in [5, 5.41) is 15.5. The second-order valence-corrected chi connectivity index (χ2v) is 5.01. The number of aryl methyl sites for hydroxylation is 1. The van der Waals surface area contributed by atoms with E-state index in [0.29, 0.717) is 10.7 Å². The zero-order valence-electron chi connectivity index (χ0n) is 11.7. The third-order valence-corrected chi connectivity index (χ3v) is 3.41. The number of hydrogen-bond donors (Lipinski definition) is 1. The Morgan fingerprint density at radius 3 is 2.62 bits per heavy atom. The molecule has 21 heavy (non-hydrogen) atoms. The fourth-order valence-corrected chi connectivity index (χ4v) is 2.08. The number of halogens is 1. The van der Waals surface area contributed by atoms with Gasteiger partial charge in [0.05, 0.1) is 22.4 Å². The summed E-state index contributed by atoms with van der Waals surface area (Å²) in [7, 11) is 0. The molecular weight excluding hydrogens is 288 g/mol. The van der Waals surface area contributed by atoms with Gasteiger partial charge < -0.3 is 9.90 Å². The van der Waals surface area contributed by atoms with Crippen LogP contribution >= 0.6 is 11.6 Å². The van der Waals surface area contributed by atoms with Gasteiger partial charge in [0.2, 0.25) is 0 Å². The maximum absolute atomic E-state index is 10.9. The van der Waals surface area contributed by atoms with Crippen molar-refractivity contribution >= 4 is 29.0 Å². The second-order valence-electron chi connectivity index (χ2n) is 4.61. The molecule has 0 fully saturated rings. The standard InChI is InChI=1S/C16H15ClN2O2/c1-10-5-3-4-6-13(10)11(2)18-19-15-9-12(16(20)21)7-8-14(15)17/h3-9,19H,1-2H3,(H,20,21)/p-1/b18-11-. The number of benzene rings is 2. The van der Waals surface area contributed by atoms with Crippen LogP contribution in [0.25, 0.3) is 0 Å². The van der Waals surface area contributed by atoms with Gasteiger partial charge in [-0.15, -0.1) is 0 Å². The van der Waals surface area contributed by atoms with Crippen LogP contribution in [0.1, 0.15) is 28.4 Å². The lowest BCUT2D eigenvalue weighted by Gasteiger charge is -2.09. The lowest BCUT2D eigenvalue weighted by molar-refractivity contribution is -0.255. The Kier molecular flexibility index (Phi) is 4.60. The van der Waals surface area contributed by atoms with Gasteiger partial charge in [-0.05, 0) is 37.1 Å². The number of hydrogen-bond acceptors (Lipinski definition) is 4. The van der Waals surface area contributed by atoms with Crippen molar-refractivity contribution in [3.63, 3.8) is 0 Å². The van der Waals surface area contributed by atoms with Crippen LogP contribution in [0.5, 0.6) is 0 Å². The minimum atomic E-state index is -1.26. The van der Waals surface area contributed by atoms with E-state index < -0.39 is 5.97 Å². The van der Waals surface area contributed by atoms with Crippen LogP contribution in [0.15, 0.2) is 47.6 Å². The molecule has 0 atom stereocenters. The van der Waals surface area contributed by atoms with Crippen molar-refractivity contribution in [2.75, 3.05) is 5.43 Å².